The van der Waals surface area contributed by atoms with Gasteiger partial charge in [0.15, 0.2) is 5.82 Å². The van der Waals surface area contributed by atoms with E-state index in [0.717, 1.165) is 17.1 Å². The van der Waals surface area contributed by atoms with Gasteiger partial charge < -0.3 is 14.2 Å². The van der Waals surface area contributed by atoms with Crippen LogP contribution in [0.25, 0.3) is 22.0 Å². The molecule has 0 bridgehead atoms. The lowest BCUT2D eigenvalue weighted by Gasteiger charge is -2.34. The van der Waals surface area contributed by atoms with Crippen molar-refractivity contribution in [2.75, 3.05) is 36.4 Å². The maximum Gasteiger partial charge on any atom is 0.324 e. The third-order valence-electron chi connectivity index (χ3n) is 5.36. The van der Waals surface area contributed by atoms with Gasteiger partial charge in [-0.3, -0.25) is 5.32 Å². The van der Waals surface area contributed by atoms with Crippen LogP contribution in [0.4, 0.5) is 16.5 Å². The molecule has 30 heavy (non-hydrogen) atoms. The Morgan fingerprint density at radius 2 is 1.70 bits per heavy atom. The normalized spacial score (nSPS) is 14.1. The van der Waals surface area contributed by atoms with E-state index in [0.29, 0.717) is 32.1 Å². The van der Waals surface area contributed by atoms with Gasteiger partial charge in [0.1, 0.15) is 0 Å². The summed E-state index contributed by atoms with van der Waals surface area (Å²) in [5, 5.41) is 14.0. The fourth-order valence-electron chi connectivity index (χ4n) is 3.76. The molecule has 0 aliphatic carbocycles. The monoisotopic (exact) mass is 399 g/mol. The third-order valence-corrected chi connectivity index (χ3v) is 5.36. The van der Waals surface area contributed by atoms with E-state index >= 15 is 0 Å². The zero-order valence-electron chi connectivity index (χ0n) is 16.4. The van der Waals surface area contributed by atoms with Gasteiger partial charge in [0, 0.05) is 37.8 Å². The first-order valence-corrected chi connectivity index (χ1v) is 9.94. The first-order chi connectivity index (χ1) is 14.8. The van der Waals surface area contributed by atoms with Gasteiger partial charge in [0.2, 0.25) is 5.88 Å². The molecule has 5 rings (SSSR count). The third kappa shape index (κ3) is 3.57. The number of nitrogens with one attached hydrogen (secondary N) is 1. The van der Waals surface area contributed by atoms with Crippen LogP contribution in [0.1, 0.15) is 0 Å². The van der Waals surface area contributed by atoms with Crippen molar-refractivity contribution in [1.29, 1.82) is 0 Å². The summed E-state index contributed by atoms with van der Waals surface area (Å²) in [6, 6.07) is 21.8. The number of rotatable bonds is 3. The van der Waals surface area contributed by atoms with Gasteiger partial charge in [0.05, 0.1) is 12.0 Å². The lowest BCUT2D eigenvalue weighted by molar-refractivity contribution is 0.207. The van der Waals surface area contributed by atoms with E-state index in [4.69, 9.17) is 4.42 Å². The van der Waals surface area contributed by atoms with Crippen molar-refractivity contribution in [3.63, 3.8) is 0 Å². The molecule has 0 saturated carbocycles. The Hall–Kier alpha value is -3.87. The minimum atomic E-state index is -0.151. The minimum Gasteiger partial charge on any atom is -0.449 e. The molecule has 4 aromatic rings. The van der Waals surface area contributed by atoms with Crippen LogP contribution in [0.5, 0.6) is 0 Å². The lowest BCUT2D eigenvalue weighted by atomic mass is 10.0. The highest BCUT2D eigenvalue weighted by Gasteiger charge is 2.22. The molecule has 2 amide bonds. The van der Waals surface area contributed by atoms with E-state index in [1.54, 1.807) is 17.0 Å². The first-order valence-electron chi connectivity index (χ1n) is 9.94. The van der Waals surface area contributed by atoms with Crippen LogP contribution in [-0.2, 0) is 0 Å². The van der Waals surface area contributed by atoms with Crippen molar-refractivity contribution in [2.45, 2.75) is 0 Å². The Morgan fingerprint density at radius 3 is 2.47 bits per heavy atom. The largest absolute Gasteiger partial charge is 0.449 e. The van der Waals surface area contributed by atoms with Crippen LogP contribution in [-0.4, -0.2) is 47.3 Å². The Labute approximate surface area is 173 Å². The van der Waals surface area contributed by atoms with E-state index in [2.05, 4.69) is 44.7 Å². The van der Waals surface area contributed by atoms with Crippen molar-refractivity contribution in [1.82, 2.24) is 15.1 Å². The molecule has 3 heterocycles. The van der Waals surface area contributed by atoms with Crippen molar-refractivity contribution in [3.05, 3.63) is 73.0 Å². The van der Waals surface area contributed by atoms with Gasteiger partial charge in [-0.2, -0.15) is 0 Å². The van der Waals surface area contributed by atoms with E-state index < -0.39 is 0 Å². The molecule has 1 aliphatic heterocycles. The number of nitrogens with zero attached hydrogens (tertiary/aromatic N) is 4. The Bertz CT molecular complexity index is 1140. The number of anilines is 2. The quantitative estimate of drug-likeness (QED) is 0.558. The van der Waals surface area contributed by atoms with E-state index in [1.165, 1.54) is 17.0 Å². The zero-order chi connectivity index (χ0) is 20.3. The number of aromatic nitrogens is 2. The average molecular weight is 399 g/mol. The minimum absolute atomic E-state index is 0.151. The van der Waals surface area contributed by atoms with Gasteiger partial charge >= 0.3 is 6.03 Å². The molecule has 7 nitrogen and oxygen atoms in total. The average Bonchev–Trinajstić information content (AvgIpc) is 3.32. The number of urea groups is 1. The highest BCUT2D eigenvalue weighted by atomic mass is 16.3. The summed E-state index contributed by atoms with van der Waals surface area (Å²) in [4.78, 5) is 16.2. The van der Waals surface area contributed by atoms with Gasteiger partial charge in [-0.15, -0.1) is 10.2 Å². The first kappa shape index (κ1) is 18.2. The zero-order valence-corrected chi connectivity index (χ0v) is 16.4. The molecular weight excluding hydrogens is 378 g/mol. The maximum absolute atomic E-state index is 12.3. The lowest BCUT2D eigenvalue weighted by Crippen LogP contribution is -2.50. The van der Waals surface area contributed by atoms with Crippen LogP contribution >= 0.6 is 0 Å². The van der Waals surface area contributed by atoms with Crippen LogP contribution in [0.2, 0.25) is 0 Å². The molecule has 2 aromatic heterocycles. The van der Waals surface area contributed by atoms with Gasteiger partial charge in [-0.25, -0.2) is 4.79 Å². The van der Waals surface area contributed by atoms with Crippen LogP contribution in [0.3, 0.4) is 0 Å². The van der Waals surface area contributed by atoms with Crippen molar-refractivity contribution in [3.8, 4) is 11.3 Å². The van der Waals surface area contributed by atoms with Crippen LogP contribution in [0.15, 0.2) is 77.4 Å². The SMILES string of the molecule is O=C(Nc1ccco1)N1CCN(c2ccc(-c3cccc4ccccc34)nn2)CC1. The topological polar surface area (TPSA) is 74.5 Å². The fraction of sp³-hybridized carbons (Fsp3) is 0.174. The number of piperazine rings is 1. The molecule has 1 N–H and O–H groups in total. The second-order valence-electron chi connectivity index (χ2n) is 7.19. The second kappa shape index (κ2) is 7.87. The second-order valence-corrected chi connectivity index (χ2v) is 7.19. The summed E-state index contributed by atoms with van der Waals surface area (Å²) >= 11 is 0. The highest BCUT2D eigenvalue weighted by molar-refractivity contribution is 5.95. The van der Waals surface area contributed by atoms with Crippen molar-refractivity contribution in [2.24, 2.45) is 0 Å². The summed E-state index contributed by atoms with van der Waals surface area (Å²) < 4.78 is 5.17. The fourth-order valence-corrected chi connectivity index (χ4v) is 3.76. The van der Waals surface area contributed by atoms with Gasteiger partial charge in [-0.05, 0) is 29.0 Å². The number of benzene rings is 2. The smallest absolute Gasteiger partial charge is 0.324 e. The highest BCUT2D eigenvalue weighted by Crippen LogP contribution is 2.27. The number of amides is 2. The molecule has 7 heteroatoms. The van der Waals surface area contributed by atoms with Gasteiger partial charge in [-0.1, -0.05) is 42.5 Å². The molecule has 0 atom stereocenters. The molecule has 2 aromatic carbocycles. The Morgan fingerprint density at radius 1 is 0.867 bits per heavy atom. The molecule has 1 saturated heterocycles. The summed E-state index contributed by atoms with van der Waals surface area (Å²) in [6.07, 6.45) is 1.54. The Balaban J connectivity index is 1.26. The number of carbonyl (C=O) groups is 1. The maximum atomic E-state index is 12.3. The van der Waals surface area contributed by atoms with E-state index in [-0.39, 0.29) is 6.03 Å². The van der Waals surface area contributed by atoms with E-state index in [9.17, 15) is 4.79 Å². The molecule has 150 valence electrons. The predicted octanol–water partition coefficient (Wildman–Crippen LogP) is 4.24. The van der Waals surface area contributed by atoms with Crippen molar-refractivity contribution < 1.29 is 9.21 Å². The summed E-state index contributed by atoms with van der Waals surface area (Å²) in [5.74, 6) is 1.28. The summed E-state index contributed by atoms with van der Waals surface area (Å²) in [6.45, 7) is 2.63. The van der Waals surface area contributed by atoms with Gasteiger partial charge in [0.25, 0.3) is 0 Å². The molecular formula is C23H21N5O2. The summed E-state index contributed by atoms with van der Waals surface area (Å²) in [7, 11) is 0. The predicted molar refractivity (Wildman–Crippen MR) is 116 cm³/mol. The molecule has 0 unspecified atom stereocenters. The molecule has 1 fully saturated rings. The number of hydrogen-bond donors (Lipinski definition) is 1. The number of hydrogen-bond acceptors (Lipinski definition) is 5. The molecule has 0 radical (unpaired) electrons. The standard InChI is InChI=1S/C23H21N5O2/c29-23(24-22-9-4-16-30-22)28-14-12-27(13-15-28)21-11-10-20(25-26-21)19-8-3-6-17-5-1-2-7-18(17)19/h1-11,16H,12-15H2,(H,24,29). The van der Waals surface area contributed by atoms with Crippen LogP contribution in [0, 0.1) is 0 Å². The number of carbonyl (C=O) groups excluding carboxylic acids is 1. The van der Waals surface area contributed by atoms with E-state index in [1.807, 2.05) is 30.3 Å². The number of furan rings is 1. The number of fused-ring (bicyclic) bond motifs is 1. The molecule has 0 spiro atoms. The summed E-state index contributed by atoms with van der Waals surface area (Å²) in [5.41, 5.74) is 1.93. The van der Waals surface area contributed by atoms with Crippen LogP contribution < -0.4 is 10.2 Å². The van der Waals surface area contributed by atoms with Crippen molar-refractivity contribution >= 4 is 28.5 Å². The molecule has 1 aliphatic rings. The Kier molecular flexibility index (Phi) is 4.77.